The van der Waals surface area contributed by atoms with Gasteiger partial charge in [-0.05, 0) is 41.5 Å². The number of nitrogens with zero attached hydrogens (tertiary/aromatic N) is 3. The zero-order valence-electron chi connectivity index (χ0n) is 15.3. The molecule has 4 rings (SSSR count). The number of rotatable bonds is 2. The third kappa shape index (κ3) is 3.32. The van der Waals surface area contributed by atoms with Crippen LogP contribution >= 0.6 is 34.5 Å². The van der Waals surface area contributed by atoms with Crippen molar-refractivity contribution in [1.29, 1.82) is 10.5 Å². The number of halogens is 2. The fourth-order valence-electron chi connectivity index (χ4n) is 3.42. The molecular weight excluding hydrogens is 439 g/mol. The van der Waals surface area contributed by atoms with Gasteiger partial charge in [0.15, 0.2) is 0 Å². The van der Waals surface area contributed by atoms with E-state index in [4.69, 9.17) is 28.9 Å². The lowest BCUT2D eigenvalue weighted by atomic mass is 9.84. The number of benzene rings is 2. The maximum absolute atomic E-state index is 13.1. The zero-order chi connectivity index (χ0) is 21.4. The Balaban J connectivity index is 2.07. The molecule has 0 radical (unpaired) electrons. The lowest BCUT2D eigenvalue weighted by molar-refractivity contribution is 0.906. The molecule has 1 aliphatic rings. The standard InChI is InChI=1S/C22H12Cl2N4OS/c23-14-5-1-3-12(7-14)8-18-21(29)28-20(27)16(10-25)19(17(11-26)22(28)30-18)13-4-2-6-15(24)9-13/h1-9,19H,27H2. The summed E-state index contributed by atoms with van der Waals surface area (Å²) in [6.07, 6.45) is 1.69. The van der Waals surface area contributed by atoms with Crippen molar-refractivity contribution in [3.63, 3.8) is 0 Å². The van der Waals surface area contributed by atoms with Crippen molar-refractivity contribution in [2.24, 2.45) is 5.73 Å². The van der Waals surface area contributed by atoms with Gasteiger partial charge in [0.2, 0.25) is 0 Å². The molecule has 0 saturated heterocycles. The maximum Gasteiger partial charge on any atom is 0.274 e. The van der Waals surface area contributed by atoms with E-state index < -0.39 is 11.5 Å². The maximum atomic E-state index is 13.1. The molecule has 1 aromatic heterocycles. The van der Waals surface area contributed by atoms with Crippen molar-refractivity contribution < 1.29 is 0 Å². The minimum atomic E-state index is -0.698. The molecule has 2 N–H and O–H groups in total. The van der Waals surface area contributed by atoms with Crippen LogP contribution in [0.4, 0.5) is 0 Å². The van der Waals surface area contributed by atoms with Crippen LogP contribution < -0.4 is 20.5 Å². The number of nitriles is 2. The van der Waals surface area contributed by atoms with Crippen LogP contribution in [0.25, 0.3) is 17.5 Å². The number of hydrogen-bond acceptors (Lipinski definition) is 5. The molecule has 1 aliphatic heterocycles. The van der Waals surface area contributed by atoms with E-state index in [2.05, 4.69) is 12.1 Å². The lowest BCUT2D eigenvalue weighted by Gasteiger charge is -2.22. The average Bonchev–Trinajstić information content (AvgIpc) is 3.04. The van der Waals surface area contributed by atoms with Gasteiger partial charge in [0.1, 0.15) is 10.5 Å². The van der Waals surface area contributed by atoms with E-state index in [-0.39, 0.29) is 17.0 Å². The molecule has 3 aromatic rings. The van der Waals surface area contributed by atoms with Crippen molar-refractivity contribution in [2.75, 3.05) is 0 Å². The number of aromatic nitrogens is 1. The summed E-state index contributed by atoms with van der Waals surface area (Å²) in [5, 5.41) is 20.7. The molecule has 2 aromatic carbocycles. The number of fused-ring (bicyclic) bond motifs is 1. The Hall–Kier alpha value is -3.29. The first-order chi connectivity index (χ1) is 14.4. The first-order valence-corrected chi connectivity index (χ1v) is 10.3. The molecule has 146 valence electrons. The van der Waals surface area contributed by atoms with E-state index >= 15 is 0 Å². The van der Waals surface area contributed by atoms with Gasteiger partial charge in [-0.2, -0.15) is 10.5 Å². The van der Waals surface area contributed by atoms with Crippen LogP contribution in [0.3, 0.4) is 0 Å². The van der Waals surface area contributed by atoms with Gasteiger partial charge in [0.25, 0.3) is 5.56 Å². The van der Waals surface area contributed by atoms with E-state index in [1.807, 2.05) is 6.07 Å². The molecule has 1 atom stereocenters. The van der Waals surface area contributed by atoms with Crippen molar-refractivity contribution in [3.05, 3.63) is 94.8 Å². The van der Waals surface area contributed by atoms with Gasteiger partial charge in [-0.15, -0.1) is 11.3 Å². The highest BCUT2D eigenvalue weighted by molar-refractivity contribution is 7.07. The third-order valence-corrected chi connectivity index (χ3v) is 6.30. The molecule has 2 heterocycles. The highest BCUT2D eigenvalue weighted by Gasteiger charge is 2.32. The smallest absolute Gasteiger partial charge is 0.274 e. The van der Waals surface area contributed by atoms with Crippen molar-refractivity contribution in [1.82, 2.24) is 4.57 Å². The fraction of sp³-hybridized carbons (Fsp3) is 0.0455. The number of hydrogen-bond donors (Lipinski definition) is 1. The molecule has 0 fully saturated rings. The van der Waals surface area contributed by atoms with Crippen LogP contribution in [-0.4, -0.2) is 4.57 Å². The molecular formula is C22H12Cl2N4OS. The summed E-state index contributed by atoms with van der Waals surface area (Å²) in [7, 11) is 0. The van der Waals surface area contributed by atoms with Gasteiger partial charge in [0.05, 0.1) is 33.7 Å². The number of nitrogens with two attached hydrogens (primary N) is 1. The van der Waals surface area contributed by atoms with Crippen LogP contribution in [0.1, 0.15) is 17.0 Å². The Morgan fingerprint density at radius 1 is 1.03 bits per heavy atom. The van der Waals surface area contributed by atoms with Gasteiger partial charge < -0.3 is 5.73 Å². The second kappa shape index (κ2) is 7.85. The summed E-state index contributed by atoms with van der Waals surface area (Å²) in [6, 6.07) is 18.2. The molecule has 0 saturated carbocycles. The van der Waals surface area contributed by atoms with E-state index in [9.17, 15) is 15.3 Å². The Bertz CT molecular complexity index is 1480. The predicted molar refractivity (Wildman–Crippen MR) is 119 cm³/mol. The Morgan fingerprint density at radius 2 is 1.70 bits per heavy atom. The molecule has 0 bridgehead atoms. The number of thiazole rings is 1. The molecule has 30 heavy (non-hydrogen) atoms. The Labute approximate surface area is 185 Å². The largest absolute Gasteiger partial charge is 0.384 e. The molecule has 1 unspecified atom stereocenters. The topological polar surface area (TPSA) is 95.6 Å². The molecule has 0 amide bonds. The van der Waals surface area contributed by atoms with Crippen LogP contribution in [-0.2, 0) is 0 Å². The summed E-state index contributed by atoms with van der Waals surface area (Å²) in [4.78, 5) is 13.1. The third-order valence-electron chi connectivity index (χ3n) is 4.72. The molecule has 8 heteroatoms. The van der Waals surface area contributed by atoms with Gasteiger partial charge in [-0.1, -0.05) is 47.5 Å². The molecule has 0 spiro atoms. The average molecular weight is 451 g/mol. The van der Waals surface area contributed by atoms with Crippen LogP contribution in [0.15, 0.2) is 58.9 Å². The number of allylic oxidation sites excluding steroid dienone is 1. The second-order valence-corrected chi connectivity index (χ2v) is 8.44. The quantitative estimate of drug-likeness (QED) is 0.648. The molecule has 5 nitrogen and oxygen atoms in total. The predicted octanol–water partition coefficient (Wildman–Crippen LogP) is 3.17. The first-order valence-electron chi connectivity index (χ1n) is 8.73. The van der Waals surface area contributed by atoms with Gasteiger partial charge in [0, 0.05) is 10.0 Å². The fourth-order valence-corrected chi connectivity index (χ4v) is 4.94. The monoisotopic (exact) mass is 450 g/mol. The van der Waals surface area contributed by atoms with Crippen molar-refractivity contribution >= 4 is 52.0 Å². The van der Waals surface area contributed by atoms with Crippen LogP contribution in [0.5, 0.6) is 0 Å². The summed E-state index contributed by atoms with van der Waals surface area (Å²) in [6.45, 7) is 0. The van der Waals surface area contributed by atoms with Crippen molar-refractivity contribution in [3.8, 4) is 12.1 Å². The summed E-state index contributed by atoms with van der Waals surface area (Å²) >= 11 is 13.3. The Kier molecular flexibility index (Phi) is 5.24. The highest BCUT2D eigenvalue weighted by Crippen LogP contribution is 2.36. The summed E-state index contributed by atoms with van der Waals surface area (Å²) < 4.78 is 2.02. The van der Waals surface area contributed by atoms with Gasteiger partial charge in [-0.25, -0.2) is 0 Å². The van der Waals surface area contributed by atoms with Gasteiger partial charge >= 0.3 is 0 Å². The summed E-state index contributed by atoms with van der Waals surface area (Å²) in [5.74, 6) is -0.681. The van der Waals surface area contributed by atoms with Crippen LogP contribution in [0.2, 0.25) is 10.0 Å². The molecule has 0 aliphatic carbocycles. The highest BCUT2D eigenvalue weighted by atomic mass is 35.5. The summed E-state index contributed by atoms with van der Waals surface area (Å²) in [5.41, 5.74) is 7.67. The van der Waals surface area contributed by atoms with E-state index in [0.717, 1.165) is 16.9 Å². The lowest BCUT2D eigenvalue weighted by Crippen LogP contribution is -2.38. The van der Waals surface area contributed by atoms with Gasteiger partial charge in [-0.3, -0.25) is 9.36 Å². The Morgan fingerprint density at radius 3 is 2.33 bits per heavy atom. The minimum Gasteiger partial charge on any atom is -0.384 e. The minimum absolute atomic E-state index is 0.0171. The second-order valence-electron chi connectivity index (χ2n) is 6.54. The SMILES string of the molecule is N#CC1=C(N)n2c(sc(=Cc3cccc(Cl)c3)c2=O)=C(C#N)C1c1cccc(Cl)c1. The first kappa shape index (κ1) is 20.0. The van der Waals surface area contributed by atoms with Crippen LogP contribution in [0, 0.1) is 22.7 Å². The van der Waals surface area contributed by atoms with Crippen molar-refractivity contribution in [2.45, 2.75) is 5.92 Å². The van der Waals surface area contributed by atoms with E-state index in [0.29, 0.717) is 24.8 Å². The normalized spacial score (nSPS) is 16.2. The van der Waals surface area contributed by atoms with E-state index in [1.54, 1.807) is 48.5 Å². The zero-order valence-corrected chi connectivity index (χ0v) is 17.6. The van der Waals surface area contributed by atoms with E-state index in [1.165, 1.54) is 4.57 Å².